The molecule has 0 unspecified atom stereocenters. The van der Waals surface area contributed by atoms with Crippen LogP contribution in [0.5, 0.6) is 0 Å². The summed E-state index contributed by atoms with van der Waals surface area (Å²) in [5, 5.41) is 7.02. The van der Waals surface area contributed by atoms with E-state index in [0.717, 1.165) is 30.5 Å². The second kappa shape index (κ2) is 6.47. The van der Waals surface area contributed by atoms with Crippen molar-refractivity contribution in [2.45, 2.75) is 18.9 Å². The van der Waals surface area contributed by atoms with Gasteiger partial charge in [-0.25, -0.2) is 4.39 Å². The van der Waals surface area contributed by atoms with Gasteiger partial charge in [-0.2, -0.15) is 5.10 Å². The van der Waals surface area contributed by atoms with Gasteiger partial charge in [-0.15, -0.1) is 0 Å². The lowest BCUT2D eigenvalue weighted by atomic mass is 10.1. The molecule has 6 heteroatoms. The van der Waals surface area contributed by atoms with Crippen LogP contribution in [0, 0.1) is 5.82 Å². The van der Waals surface area contributed by atoms with Gasteiger partial charge in [0.15, 0.2) is 0 Å². The Kier molecular flexibility index (Phi) is 4.01. The standard InChI is InChI=1S/C19H17FN4O/c20-15-5-3-13(4-6-15)16-12-17(23-22-16)19(25)24-11-1-2-18(24)14-7-9-21-10-8-14/h3-10,12,18H,1-2,11H2,(H,22,23)/t18-/m0/s1. The van der Waals surface area contributed by atoms with Crippen LogP contribution in [-0.2, 0) is 0 Å². The molecule has 1 saturated heterocycles. The zero-order valence-electron chi connectivity index (χ0n) is 13.5. The largest absolute Gasteiger partial charge is 0.330 e. The van der Waals surface area contributed by atoms with E-state index in [1.165, 1.54) is 12.1 Å². The molecule has 0 spiro atoms. The highest BCUT2D eigenvalue weighted by atomic mass is 19.1. The van der Waals surface area contributed by atoms with E-state index >= 15 is 0 Å². The van der Waals surface area contributed by atoms with Crippen LogP contribution in [0.1, 0.15) is 34.9 Å². The highest BCUT2D eigenvalue weighted by Gasteiger charge is 2.31. The van der Waals surface area contributed by atoms with Crippen LogP contribution in [0.3, 0.4) is 0 Å². The van der Waals surface area contributed by atoms with Crippen LogP contribution in [0.4, 0.5) is 4.39 Å². The Labute approximate surface area is 144 Å². The van der Waals surface area contributed by atoms with Crippen LogP contribution < -0.4 is 0 Å². The SMILES string of the molecule is O=C(c1cc(-c2ccc(F)cc2)n[nH]1)N1CCC[C@H]1c1ccncc1. The molecule has 126 valence electrons. The fraction of sp³-hybridized carbons (Fsp3) is 0.211. The molecule has 0 radical (unpaired) electrons. The third-order valence-electron chi connectivity index (χ3n) is 4.55. The summed E-state index contributed by atoms with van der Waals surface area (Å²) in [5.41, 5.74) is 2.94. The number of nitrogens with one attached hydrogen (secondary N) is 1. The Morgan fingerprint density at radius 3 is 2.68 bits per heavy atom. The maximum absolute atomic E-state index is 13.1. The van der Waals surface area contributed by atoms with Crippen molar-refractivity contribution in [3.63, 3.8) is 0 Å². The average molecular weight is 336 g/mol. The van der Waals surface area contributed by atoms with Gasteiger partial charge in [0.1, 0.15) is 11.5 Å². The molecule has 1 aromatic carbocycles. The predicted molar refractivity (Wildman–Crippen MR) is 91.2 cm³/mol. The minimum absolute atomic E-state index is 0.0630. The van der Waals surface area contributed by atoms with E-state index in [0.29, 0.717) is 11.4 Å². The number of hydrogen-bond acceptors (Lipinski definition) is 3. The maximum Gasteiger partial charge on any atom is 0.272 e. The summed E-state index contributed by atoms with van der Waals surface area (Å²) < 4.78 is 13.1. The van der Waals surface area contributed by atoms with Gasteiger partial charge in [0, 0.05) is 24.5 Å². The summed E-state index contributed by atoms with van der Waals surface area (Å²) in [5.74, 6) is -0.368. The molecule has 0 saturated carbocycles. The number of aromatic amines is 1. The smallest absolute Gasteiger partial charge is 0.272 e. The van der Waals surface area contributed by atoms with E-state index in [1.54, 1.807) is 30.6 Å². The number of carbonyl (C=O) groups is 1. The monoisotopic (exact) mass is 336 g/mol. The molecule has 1 atom stereocenters. The zero-order valence-corrected chi connectivity index (χ0v) is 13.5. The number of rotatable bonds is 3. The van der Waals surface area contributed by atoms with E-state index in [9.17, 15) is 9.18 Å². The first-order valence-electron chi connectivity index (χ1n) is 8.24. The van der Waals surface area contributed by atoms with Crippen LogP contribution in [-0.4, -0.2) is 32.5 Å². The summed E-state index contributed by atoms with van der Waals surface area (Å²) in [7, 11) is 0. The lowest BCUT2D eigenvalue weighted by molar-refractivity contribution is 0.0729. The van der Waals surface area contributed by atoms with Crippen molar-refractivity contribution in [3.8, 4) is 11.3 Å². The Morgan fingerprint density at radius 1 is 1.16 bits per heavy atom. The van der Waals surface area contributed by atoms with E-state index in [2.05, 4.69) is 15.2 Å². The van der Waals surface area contributed by atoms with Gasteiger partial charge in [-0.3, -0.25) is 14.9 Å². The number of pyridine rings is 1. The minimum Gasteiger partial charge on any atom is -0.330 e. The Bertz CT molecular complexity index is 876. The van der Waals surface area contributed by atoms with Crippen molar-refractivity contribution < 1.29 is 9.18 Å². The molecule has 1 amide bonds. The van der Waals surface area contributed by atoms with Gasteiger partial charge in [-0.1, -0.05) is 0 Å². The fourth-order valence-electron chi connectivity index (χ4n) is 3.30. The minimum atomic E-state index is -0.298. The predicted octanol–water partition coefficient (Wildman–Crippen LogP) is 3.59. The Balaban J connectivity index is 1.58. The topological polar surface area (TPSA) is 61.9 Å². The first-order valence-corrected chi connectivity index (χ1v) is 8.24. The first-order chi connectivity index (χ1) is 12.2. The number of likely N-dealkylation sites (tertiary alicyclic amines) is 1. The molecule has 3 aromatic rings. The zero-order chi connectivity index (χ0) is 17.2. The number of hydrogen-bond donors (Lipinski definition) is 1. The molecule has 3 heterocycles. The normalized spacial score (nSPS) is 17.0. The van der Waals surface area contributed by atoms with E-state index in [-0.39, 0.29) is 17.8 Å². The van der Waals surface area contributed by atoms with Crippen LogP contribution in [0.15, 0.2) is 54.9 Å². The summed E-state index contributed by atoms with van der Waals surface area (Å²) in [4.78, 5) is 18.8. The number of benzene rings is 1. The number of aromatic nitrogens is 3. The van der Waals surface area contributed by atoms with Gasteiger partial charge in [0.25, 0.3) is 5.91 Å². The molecule has 1 N–H and O–H groups in total. The van der Waals surface area contributed by atoms with Gasteiger partial charge in [0.2, 0.25) is 0 Å². The van der Waals surface area contributed by atoms with Crippen molar-refractivity contribution in [3.05, 3.63) is 71.9 Å². The molecule has 0 bridgehead atoms. The van der Waals surface area contributed by atoms with Crippen LogP contribution in [0.25, 0.3) is 11.3 Å². The molecular formula is C19H17FN4O. The first kappa shape index (κ1) is 15.5. The third-order valence-corrected chi connectivity index (χ3v) is 4.55. The van der Waals surface area contributed by atoms with E-state index in [4.69, 9.17) is 0 Å². The van der Waals surface area contributed by atoms with Gasteiger partial charge in [0.05, 0.1) is 11.7 Å². The number of halogens is 1. The molecule has 1 aliphatic rings. The molecule has 1 fully saturated rings. The Morgan fingerprint density at radius 2 is 1.92 bits per heavy atom. The number of carbonyl (C=O) groups excluding carboxylic acids is 1. The van der Waals surface area contributed by atoms with Crippen LogP contribution in [0.2, 0.25) is 0 Å². The summed E-state index contributed by atoms with van der Waals surface area (Å²) in [6, 6.07) is 11.7. The van der Waals surface area contributed by atoms with Crippen molar-refractivity contribution in [1.29, 1.82) is 0 Å². The summed E-state index contributed by atoms with van der Waals surface area (Å²) in [6.45, 7) is 0.719. The van der Waals surface area contributed by atoms with E-state index in [1.807, 2.05) is 17.0 Å². The molecule has 0 aliphatic carbocycles. The fourth-order valence-corrected chi connectivity index (χ4v) is 3.30. The quantitative estimate of drug-likeness (QED) is 0.795. The molecule has 5 nitrogen and oxygen atoms in total. The van der Waals surface area contributed by atoms with Crippen LogP contribution >= 0.6 is 0 Å². The van der Waals surface area contributed by atoms with Gasteiger partial charge < -0.3 is 4.90 Å². The van der Waals surface area contributed by atoms with Crippen molar-refractivity contribution >= 4 is 5.91 Å². The maximum atomic E-state index is 13.1. The van der Waals surface area contributed by atoms with Crippen molar-refractivity contribution in [2.24, 2.45) is 0 Å². The summed E-state index contributed by atoms with van der Waals surface area (Å²) in [6.07, 6.45) is 5.41. The average Bonchev–Trinajstić information content (AvgIpc) is 3.32. The number of amides is 1. The molecule has 2 aromatic heterocycles. The molecular weight excluding hydrogens is 319 g/mol. The molecule has 4 rings (SSSR count). The lowest BCUT2D eigenvalue weighted by Crippen LogP contribution is -2.30. The van der Waals surface area contributed by atoms with Crippen molar-refractivity contribution in [2.75, 3.05) is 6.54 Å². The van der Waals surface area contributed by atoms with Gasteiger partial charge in [-0.05, 0) is 60.9 Å². The highest BCUT2D eigenvalue weighted by molar-refractivity contribution is 5.93. The van der Waals surface area contributed by atoms with E-state index < -0.39 is 0 Å². The highest BCUT2D eigenvalue weighted by Crippen LogP contribution is 2.33. The van der Waals surface area contributed by atoms with Gasteiger partial charge >= 0.3 is 0 Å². The second-order valence-electron chi connectivity index (χ2n) is 6.11. The second-order valence-corrected chi connectivity index (χ2v) is 6.11. The lowest BCUT2D eigenvalue weighted by Gasteiger charge is -2.24. The number of nitrogens with zero attached hydrogens (tertiary/aromatic N) is 3. The Hall–Kier alpha value is -3.02. The molecule has 25 heavy (non-hydrogen) atoms. The molecule has 1 aliphatic heterocycles. The third kappa shape index (κ3) is 3.03. The van der Waals surface area contributed by atoms with Crippen molar-refractivity contribution in [1.82, 2.24) is 20.1 Å². The number of H-pyrrole nitrogens is 1. The summed E-state index contributed by atoms with van der Waals surface area (Å²) >= 11 is 0.